The first-order valence-electron chi connectivity index (χ1n) is 19.8. The van der Waals surface area contributed by atoms with Crippen LogP contribution in [0.1, 0.15) is 0 Å². The summed E-state index contributed by atoms with van der Waals surface area (Å²) in [5.74, 6) is 0. The van der Waals surface area contributed by atoms with Crippen molar-refractivity contribution in [3.05, 3.63) is 182 Å². The molecule has 0 bridgehead atoms. The number of benzene rings is 10. The molecule has 4 heterocycles. The van der Waals surface area contributed by atoms with Gasteiger partial charge in [-0.15, -0.1) is 0 Å². The first kappa shape index (κ1) is 29.3. The minimum absolute atomic E-state index is 0.0765. The predicted octanol–water partition coefficient (Wildman–Crippen LogP) is 9.19. The van der Waals surface area contributed by atoms with Gasteiger partial charge < -0.3 is 9.80 Å². The number of nitrogens with zero attached hydrogens (tertiary/aromatic N) is 2. The Balaban J connectivity index is 1.24. The van der Waals surface area contributed by atoms with Crippen molar-refractivity contribution in [1.29, 1.82) is 0 Å². The van der Waals surface area contributed by atoms with Crippen molar-refractivity contribution in [2.45, 2.75) is 0 Å². The number of rotatable bonds is 2. The Hall–Kier alpha value is -7.03. The number of hydrogen-bond donors (Lipinski definition) is 0. The highest BCUT2D eigenvalue weighted by atomic mass is 15.2. The van der Waals surface area contributed by atoms with Gasteiger partial charge in [-0.1, -0.05) is 144 Å². The van der Waals surface area contributed by atoms with Crippen molar-refractivity contribution in [3.8, 4) is 11.1 Å². The van der Waals surface area contributed by atoms with E-state index in [4.69, 9.17) is 0 Å². The molecule has 0 saturated heterocycles. The van der Waals surface area contributed by atoms with E-state index in [-0.39, 0.29) is 13.4 Å². The van der Waals surface area contributed by atoms with E-state index in [9.17, 15) is 0 Å². The van der Waals surface area contributed by atoms with Crippen LogP contribution in [0.4, 0.5) is 34.1 Å². The van der Waals surface area contributed by atoms with E-state index in [0.29, 0.717) is 0 Å². The molecule has 10 aromatic rings. The Labute approximate surface area is 325 Å². The van der Waals surface area contributed by atoms with Crippen LogP contribution in [0.5, 0.6) is 0 Å². The third kappa shape index (κ3) is 3.56. The standard InChI is InChI=1S/C52H30B2N2/c1-3-19-37(20-4-1)55-43-28-33-15-9-7-13-31(33)26-41(43)53-39-23-11-17-35-25-36-18-12-24-40-48(36)49(47(35)39)50-51(53)45(55)30-46-52(50)54(40)42-27-32-14-8-10-16-34(32)29-44(42)56(46)38-21-5-2-6-22-38/h1-30H. The number of fused-ring (bicyclic) bond motifs is 8. The zero-order valence-corrected chi connectivity index (χ0v) is 30.4. The van der Waals surface area contributed by atoms with Gasteiger partial charge in [-0.2, -0.15) is 0 Å². The Morgan fingerprint density at radius 3 is 1.16 bits per heavy atom. The lowest BCUT2D eigenvalue weighted by atomic mass is 9.26. The molecule has 0 radical (unpaired) electrons. The van der Waals surface area contributed by atoms with Gasteiger partial charge in [0.2, 0.25) is 13.4 Å². The summed E-state index contributed by atoms with van der Waals surface area (Å²) in [7, 11) is 0. The molecular formula is C52H30B2N2. The molecule has 0 N–H and O–H groups in total. The molecule has 56 heavy (non-hydrogen) atoms. The minimum atomic E-state index is 0.0765. The smallest absolute Gasteiger partial charge is 0.248 e. The van der Waals surface area contributed by atoms with Crippen LogP contribution in [-0.2, 0) is 0 Å². The van der Waals surface area contributed by atoms with Gasteiger partial charge in [-0.25, -0.2) is 0 Å². The number of hydrogen-bond acceptors (Lipinski definition) is 2. The van der Waals surface area contributed by atoms with E-state index in [0.717, 1.165) is 0 Å². The van der Waals surface area contributed by atoms with E-state index in [1.807, 2.05) is 0 Å². The lowest BCUT2D eigenvalue weighted by Gasteiger charge is -2.47. The summed E-state index contributed by atoms with van der Waals surface area (Å²) >= 11 is 0. The molecule has 0 aromatic heterocycles. The van der Waals surface area contributed by atoms with Crippen molar-refractivity contribution in [2.75, 3.05) is 9.80 Å². The van der Waals surface area contributed by atoms with Crippen LogP contribution in [0.25, 0.3) is 54.2 Å². The van der Waals surface area contributed by atoms with Gasteiger partial charge in [0.05, 0.1) is 0 Å². The summed E-state index contributed by atoms with van der Waals surface area (Å²) < 4.78 is 0. The summed E-state index contributed by atoms with van der Waals surface area (Å²) in [6, 6.07) is 68.9. The largest absolute Gasteiger partial charge is 0.311 e. The lowest BCUT2D eigenvalue weighted by Crippen LogP contribution is -2.66. The zero-order valence-electron chi connectivity index (χ0n) is 30.4. The molecular weight excluding hydrogens is 674 g/mol. The van der Waals surface area contributed by atoms with Crippen LogP contribution in [0.3, 0.4) is 0 Å². The zero-order chi connectivity index (χ0) is 36.2. The van der Waals surface area contributed by atoms with Gasteiger partial charge in [-0.3, -0.25) is 0 Å². The quantitative estimate of drug-likeness (QED) is 0.131. The fourth-order valence-electron chi connectivity index (χ4n) is 11.2. The van der Waals surface area contributed by atoms with Gasteiger partial charge in [0, 0.05) is 34.1 Å². The van der Waals surface area contributed by atoms with Crippen LogP contribution in [0, 0.1) is 0 Å². The van der Waals surface area contributed by atoms with Crippen LogP contribution in [-0.4, -0.2) is 13.4 Å². The summed E-state index contributed by atoms with van der Waals surface area (Å²) in [5, 5.41) is 10.5. The van der Waals surface area contributed by atoms with Crippen molar-refractivity contribution in [1.82, 2.24) is 0 Å². The highest BCUT2D eigenvalue weighted by molar-refractivity contribution is 7.05. The molecule has 0 fully saturated rings. The SMILES string of the molecule is c1ccc(N2c3cc4ccccc4cc3B3c4c2cc2c5c4-c4c6c3cccc6cc3cccc(c43)B5c3cc4ccccc4cc3N2c2ccccc2)cc1. The second-order valence-electron chi connectivity index (χ2n) is 16.0. The van der Waals surface area contributed by atoms with Crippen LogP contribution >= 0.6 is 0 Å². The number of anilines is 6. The molecule has 0 spiro atoms. The normalized spacial score (nSPS) is 13.9. The monoisotopic (exact) mass is 704 g/mol. The topological polar surface area (TPSA) is 6.48 Å². The molecule has 254 valence electrons. The molecule has 4 aliphatic heterocycles. The average molecular weight is 704 g/mol. The Morgan fingerprint density at radius 2 is 0.696 bits per heavy atom. The molecule has 4 heteroatoms. The molecule has 2 nitrogen and oxygen atoms in total. The molecule has 0 atom stereocenters. The molecule has 0 aliphatic carbocycles. The predicted molar refractivity (Wildman–Crippen MR) is 241 cm³/mol. The van der Waals surface area contributed by atoms with E-state index in [2.05, 4.69) is 192 Å². The fraction of sp³-hybridized carbons (Fsp3) is 0. The van der Waals surface area contributed by atoms with Gasteiger partial charge in [-0.05, 0) is 125 Å². The summed E-state index contributed by atoms with van der Waals surface area (Å²) in [5.41, 5.74) is 18.6. The van der Waals surface area contributed by atoms with Crippen molar-refractivity contribution in [2.24, 2.45) is 0 Å². The maximum Gasteiger partial charge on any atom is 0.248 e. The maximum atomic E-state index is 2.57. The molecule has 0 unspecified atom stereocenters. The third-order valence-corrected chi connectivity index (χ3v) is 13.3. The van der Waals surface area contributed by atoms with Gasteiger partial charge in [0.1, 0.15) is 0 Å². The Bertz CT molecular complexity index is 3180. The Kier molecular flexibility index (Phi) is 5.44. The second-order valence-corrected chi connectivity index (χ2v) is 16.0. The lowest BCUT2D eigenvalue weighted by molar-refractivity contribution is 1.26. The summed E-state index contributed by atoms with van der Waals surface area (Å²) in [6.45, 7) is 0.153. The molecule has 14 rings (SSSR count). The third-order valence-electron chi connectivity index (χ3n) is 13.3. The maximum absolute atomic E-state index is 2.57. The minimum Gasteiger partial charge on any atom is -0.311 e. The van der Waals surface area contributed by atoms with Crippen LogP contribution < -0.4 is 42.6 Å². The van der Waals surface area contributed by atoms with Gasteiger partial charge in [0.25, 0.3) is 0 Å². The number of para-hydroxylation sites is 2. The fourth-order valence-corrected chi connectivity index (χ4v) is 11.2. The van der Waals surface area contributed by atoms with Crippen molar-refractivity contribution in [3.63, 3.8) is 0 Å². The van der Waals surface area contributed by atoms with Gasteiger partial charge in [0.15, 0.2) is 0 Å². The molecule has 0 amide bonds. The Morgan fingerprint density at radius 1 is 0.286 bits per heavy atom. The molecule has 4 aliphatic rings. The molecule has 0 saturated carbocycles. The highest BCUT2D eigenvalue weighted by Gasteiger charge is 2.49. The van der Waals surface area contributed by atoms with Crippen molar-refractivity contribution < 1.29 is 0 Å². The summed E-state index contributed by atoms with van der Waals surface area (Å²) in [4.78, 5) is 5.15. The van der Waals surface area contributed by atoms with E-state index in [1.165, 1.54) is 121 Å². The van der Waals surface area contributed by atoms with Gasteiger partial charge >= 0.3 is 0 Å². The van der Waals surface area contributed by atoms with Crippen LogP contribution in [0.15, 0.2) is 182 Å². The van der Waals surface area contributed by atoms with Crippen molar-refractivity contribution >= 4 is 123 Å². The second kappa shape index (κ2) is 10.4. The van der Waals surface area contributed by atoms with E-state index < -0.39 is 0 Å². The molecule has 10 aromatic carbocycles. The first-order chi connectivity index (χ1) is 27.8. The first-order valence-corrected chi connectivity index (χ1v) is 19.8. The highest BCUT2D eigenvalue weighted by Crippen LogP contribution is 2.50. The van der Waals surface area contributed by atoms with E-state index in [1.54, 1.807) is 0 Å². The average Bonchev–Trinajstić information content (AvgIpc) is 3.25. The summed E-state index contributed by atoms with van der Waals surface area (Å²) in [6.07, 6.45) is 0. The van der Waals surface area contributed by atoms with E-state index >= 15 is 0 Å². The van der Waals surface area contributed by atoms with Crippen LogP contribution in [0.2, 0.25) is 0 Å².